The Morgan fingerprint density at radius 2 is 1.86 bits per heavy atom. The molecule has 2 aliphatic rings. The van der Waals surface area contributed by atoms with Gasteiger partial charge in [-0.1, -0.05) is 6.92 Å². The summed E-state index contributed by atoms with van der Waals surface area (Å²) in [5, 5.41) is 10.5. The molecule has 2 rings (SSSR count). The van der Waals surface area contributed by atoms with Crippen LogP contribution in [0.4, 0.5) is 0 Å². The van der Waals surface area contributed by atoms with Crippen molar-refractivity contribution >= 4 is 11.8 Å². The van der Waals surface area contributed by atoms with Gasteiger partial charge < -0.3 is 28.8 Å². The van der Waals surface area contributed by atoms with E-state index in [1.54, 1.807) is 18.9 Å². The smallest absolute Gasteiger partial charge is 0.164 e. The molecule has 0 aromatic carbocycles. The summed E-state index contributed by atoms with van der Waals surface area (Å²) >= 11 is 1.56. The highest BCUT2D eigenvalue weighted by molar-refractivity contribution is 7.99. The summed E-state index contributed by atoms with van der Waals surface area (Å²) in [6.07, 6.45) is -1.80. The minimum Gasteiger partial charge on any atom is -0.387 e. The molecular weight excluding hydrogens is 308 g/mol. The molecule has 0 saturated carbocycles. The van der Waals surface area contributed by atoms with Gasteiger partial charge in [0.2, 0.25) is 0 Å². The maximum absolute atomic E-state index is 10.5. The first-order chi connectivity index (χ1) is 10.2. The quantitative estimate of drug-likeness (QED) is 0.741. The number of hydrogen-bond acceptors (Lipinski definition) is 7. The van der Waals surface area contributed by atoms with Gasteiger partial charge in [-0.3, -0.25) is 0 Å². The van der Waals surface area contributed by atoms with Crippen LogP contribution in [0.15, 0.2) is 0 Å². The van der Waals surface area contributed by atoms with Crippen LogP contribution in [0.25, 0.3) is 0 Å². The molecule has 0 radical (unpaired) electrons. The Morgan fingerprint density at radius 1 is 1.23 bits per heavy atom. The molecule has 2 heterocycles. The SMILES string of the molecule is CCS[C@@H]1O[C@H](COC(C)(C)OC)[C@@H]2OC(C)(C)O[C@@H]2[C@H]1O. The van der Waals surface area contributed by atoms with E-state index in [1.807, 2.05) is 34.6 Å². The number of hydrogen-bond donors (Lipinski definition) is 1. The van der Waals surface area contributed by atoms with Crippen molar-refractivity contribution in [1.82, 2.24) is 0 Å². The molecule has 1 N–H and O–H groups in total. The second kappa shape index (κ2) is 6.93. The number of rotatable bonds is 6. The molecule has 2 fully saturated rings. The number of methoxy groups -OCH3 is 1. The van der Waals surface area contributed by atoms with E-state index in [0.717, 1.165) is 5.75 Å². The summed E-state index contributed by atoms with van der Waals surface area (Å²) in [6.45, 7) is 9.72. The lowest BCUT2D eigenvalue weighted by molar-refractivity contribution is -0.238. The molecular formula is C15H28O6S. The normalized spacial score (nSPS) is 38.0. The highest BCUT2D eigenvalue weighted by Crippen LogP contribution is 2.40. The van der Waals surface area contributed by atoms with Crippen molar-refractivity contribution in [2.24, 2.45) is 0 Å². The van der Waals surface area contributed by atoms with Crippen LogP contribution in [0, 0.1) is 0 Å². The summed E-state index contributed by atoms with van der Waals surface area (Å²) in [5.74, 6) is -0.585. The van der Waals surface area contributed by atoms with E-state index >= 15 is 0 Å². The number of fused-ring (bicyclic) bond motifs is 1. The molecule has 6 nitrogen and oxygen atoms in total. The topological polar surface area (TPSA) is 66.4 Å². The van der Waals surface area contributed by atoms with Crippen LogP contribution >= 0.6 is 11.8 Å². The molecule has 0 spiro atoms. The predicted molar refractivity (Wildman–Crippen MR) is 83.7 cm³/mol. The largest absolute Gasteiger partial charge is 0.387 e. The second-order valence-electron chi connectivity index (χ2n) is 6.47. The molecule has 22 heavy (non-hydrogen) atoms. The monoisotopic (exact) mass is 336 g/mol. The van der Waals surface area contributed by atoms with Crippen molar-refractivity contribution in [3.8, 4) is 0 Å². The molecule has 0 aromatic rings. The van der Waals surface area contributed by atoms with Crippen LogP contribution in [-0.2, 0) is 23.7 Å². The van der Waals surface area contributed by atoms with Crippen LogP contribution < -0.4 is 0 Å². The van der Waals surface area contributed by atoms with E-state index in [0.29, 0.717) is 6.61 Å². The molecule has 0 unspecified atom stereocenters. The van der Waals surface area contributed by atoms with Gasteiger partial charge in [-0.15, -0.1) is 11.8 Å². The second-order valence-corrected chi connectivity index (χ2v) is 7.84. The van der Waals surface area contributed by atoms with Crippen molar-refractivity contribution in [2.45, 2.75) is 76.0 Å². The highest BCUT2D eigenvalue weighted by atomic mass is 32.2. The first-order valence-corrected chi connectivity index (χ1v) is 8.74. The Bertz CT molecular complexity index is 375. The van der Waals surface area contributed by atoms with Crippen LogP contribution in [0.3, 0.4) is 0 Å². The summed E-state index contributed by atoms with van der Waals surface area (Å²) in [4.78, 5) is 0. The fourth-order valence-electron chi connectivity index (χ4n) is 2.63. The Hall–Kier alpha value is 0.110. The molecule has 0 aromatic heterocycles. The van der Waals surface area contributed by atoms with Gasteiger partial charge in [-0.05, 0) is 33.4 Å². The maximum atomic E-state index is 10.5. The zero-order chi connectivity index (χ0) is 16.5. The van der Waals surface area contributed by atoms with E-state index in [1.165, 1.54) is 0 Å². The van der Waals surface area contributed by atoms with E-state index in [4.69, 9.17) is 23.7 Å². The average Bonchev–Trinajstić information content (AvgIpc) is 2.77. The fourth-order valence-corrected chi connectivity index (χ4v) is 3.53. The summed E-state index contributed by atoms with van der Waals surface area (Å²) in [6, 6.07) is 0. The Balaban J connectivity index is 2.09. The first-order valence-electron chi connectivity index (χ1n) is 7.69. The average molecular weight is 336 g/mol. The molecule has 0 amide bonds. The van der Waals surface area contributed by atoms with Crippen molar-refractivity contribution in [3.63, 3.8) is 0 Å². The summed E-state index contributed by atoms with van der Waals surface area (Å²) < 4.78 is 28.9. The first kappa shape index (κ1) is 18.4. The Kier molecular flexibility index (Phi) is 5.81. The van der Waals surface area contributed by atoms with Gasteiger partial charge >= 0.3 is 0 Å². The van der Waals surface area contributed by atoms with E-state index in [-0.39, 0.29) is 17.6 Å². The van der Waals surface area contributed by atoms with E-state index in [2.05, 4.69) is 0 Å². The number of ether oxygens (including phenoxy) is 5. The third kappa shape index (κ3) is 4.14. The number of aliphatic hydroxyl groups excluding tert-OH is 1. The van der Waals surface area contributed by atoms with Crippen LogP contribution in [0.5, 0.6) is 0 Å². The molecule has 0 bridgehead atoms. The zero-order valence-electron chi connectivity index (χ0n) is 14.2. The molecule has 0 aliphatic carbocycles. The predicted octanol–water partition coefficient (Wildman–Crippen LogP) is 1.74. The van der Waals surface area contributed by atoms with E-state index < -0.39 is 23.8 Å². The molecule has 2 saturated heterocycles. The van der Waals surface area contributed by atoms with Gasteiger partial charge in [0.15, 0.2) is 11.6 Å². The van der Waals surface area contributed by atoms with Gasteiger partial charge in [0, 0.05) is 7.11 Å². The Labute approximate surface area is 136 Å². The zero-order valence-corrected chi connectivity index (χ0v) is 15.0. The number of aliphatic hydroxyl groups is 1. The van der Waals surface area contributed by atoms with Crippen LogP contribution in [-0.4, -0.2) is 66.0 Å². The number of thioether (sulfide) groups is 1. The fraction of sp³-hybridized carbons (Fsp3) is 1.00. The van der Waals surface area contributed by atoms with Crippen molar-refractivity contribution < 1.29 is 28.8 Å². The lowest BCUT2D eigenvalue weighted by atomic mass is 10.0. The standard InChI is InChI=1S/C15H28O6S/c1-7-22-13-10(16)12-11(20-15(4,5)21-12)9(19-13)8-18-14(2,3)17-6/h9-13,16H,7-8H2,1-6H3/t9-,10-,11+,12-,13+/m1/s1. The van der Waals surface area contributed by atoms with E-state index in [9.17, 15) is 5.11 Å². The molecule has 7 heteroatoms. The van der Waals surface area contributed by atoms with Crippen molar-refractivity contribution in [1.29, 1.82) is 0 Å². The van der Waals surface area contributed by atoms with Crippen LogP contribution in [0.2, 0.25) is 0 Å². The van der Waals surface area contributed by atoms with Gasteiger partial charge in [-0.25, -0.2) is 0 Å². The maximum Gasteiger partial charge on any atom is 0.164 e. The molecule has 2 aliphatic heterocycles. The summed E-state index contributed by atoms with van der Waals surface area (Å²) in [7, 11) is 1.60. The van der Waals surface area contributed by atoms with Crippen LogP contribution in [0.1, 0.15) is 34.6 Å². The summed E-state index contributed by atoms with van der Waals surface area (Å²) in [5.41, 5.74) is -0.344. The minimum atomic E-state index is -0.736. The van der Waals surface area contributed by atoms with Crippen molar-refractivity contribution in [2.75, 3.05) is 19.5 Å². The third-order valence-corrected chi connectivity index (χ3v) is 4.92. The van der Waals surface area contributed by atoms with Gasteiger partial charge in [0.1, 0.15) is 29.9 Å². The molecule has 130 valence electrons. The lowest BCUT2D eigenvalue weighted by Crippen LogP contribution is -2.57. The van der Waals surface area contributed by atoms with Gasteiger partial charge in [-0.2, -0.15) is 0 Å². The van der Waals surface area contributed by atoms with Crippen molar-refractivity contribution in [3.05, 3.63) is 0 Å². The van der Waals surface area contributed by atoms with Gasteiger partial charge in [0.25, 0.3) is 0 Å². The highest BCUT2D eigenvalue weighted by Gasteiger charge is 2.55. The third-order valence-electron chi connectivity index (χ3n) is 3.87. The molecule has 5 atom stereocenters. The lowest BCUT2D eigenvalue weighted by Gasteiger charge is -2.40. The Morgan fingerprint density at radius 3 is 2.45 bits per heavy atom. The van der Waals surface area contributed by atoms with Gasteiger partial charge in [0.05, 0.1) is 6.61 Å². The minimum absolute atomic E-state index is 0.311.